The molecule has 0 radical (unpaired) electrons. The molecule has 3 rings (SSSR count). The minimum absolute atomic E-state index is 0.185. The van der Waals surface area contributed by atoms with Gasteiger partial charge in [-0.15, -0.1) is 0 Å². The van der Waals surface area contributed by atoms with Gasteiger partial charge in [0.1, 0.15) is 0 Å². The maximum absolute atomic E-state index is 12.9. The summed E-state index contributed by atoms with van der Waals surface area (Å²) in [4.78, 5) is 14.3. The van der Waals surface area contributed by atoms with Gasteiger partial charge in [0.05, 0.1) is 11.4 Å². The molecule has 0 aliphatic carbocycles. The fraction of sp³-hybridized carbons (Fsp3) is 0.261. The Morgan fingerprint density at radius 2 is 1.48 bits per heavy atom. The summed E-state index contributed by atoms with van der Waals surface area (Å²) >= 11 is 0. The average Bonchev–Trinajstić information content (AvgIpc) is 2.73. The summed E-state index contributed by atoms with van der Waals surface area (Å²) in [6, 6.07) is 20.7. The molecular formula is C23H26N2O3S. The van der Waals surface area contributed by atoms with E-state index in [2.05, 4.69) is 6.92 Å². The van der Waals surface area contributed by atoms with Crippen molar-refractivity contribution >= 4 is 26.7 Å². The van der Waals surface area contributed by atoms with Gasteiger partial charge in [0, 0.05) is 20.6 Å². The number of fused-ring (bicyclic) bond motifs is 1. The third kappa shape index (κ3) is 4.83. The molecule has 29 heavy (non-hydrogen) atoms. The van der Waals surface area contributed by atoms with E-state index in [1.54, 1.807) is 30.1 Å². The number of hydrogen-bond donors (Lipinski definition) is 0. The quantitative estimate of drug-likeness (QED) is 0.597. The van der Waals surface area contributed by atoms with Crippen molar-refractivity contribution in [1.29, 1.82) is 0 Å². The Labute approximate surface area is 172 Å². The maximum atomic E-state index is 12.9. The highest BCUT2D eigenvalue weighted by molar-refractivity contribution is 7.89. The molecule has 152 valence electrons. The molecule has 5 nitrogen and oxygen atoms in total. The maximum Gasteiger partial charge on any atom is 0.243 e. The summed E-state index contributed by atoms with van der Waals surface area (Å²) in [5.41, 5.74) is 2.25. The van der Waals surface area contributed by atoms with Crippen LogP contribution in [0.5, 0.6) is 0 Å². The highest BCUT2D eigenvalue weighted by Crippen LogP contribution is 2.21. The van der Waals surface area contributed by atoms with Crippen LogP contribution in [-0.4, -0.2) is 44.2 Å². The van der Waals surface area contributed by atoms with Crippen LogP contribution in [0.3, 0.4) is 0 Å². The second-order valence-corrected chi connectivity index (χ2v) is 9.23. The molecule has 3 aromatic rings. The molecule has 3 aromatic carbocycles. The fourth-order valence-electron chi connectivity index (χ4n) is 3.15. The van der Waals surface area contributed by atoms with E-state index in [0.29, 0.717) is 6.54 Å². The Kier molecular flexibility index (Phi) is 6.35. The molecule has 0 saturated heterocycles. The summed E-state index contributed by atoms with van der Waals surface area (Å²) in [5.74, 6) is -0.253. The number of likely N-dealkylation sites (N-methyl/N-ethyl adjacent to an activating group) is 2. The predicted molar refractivity (Wildman–Crippen MR) is 116 cm³/mol. The fourth-order valence-corrected chi connectivity index (χ4v) is 4.30. The molecule has 6 heteroatoms. The first-order valence-electron chi connectivity index (χ1n) is 9.58. The van der Waals surface area contributed by atoms with Gasteiger partial charge < -0.3 is 4.90 Å². The van der Waals surface area contributed by atoms with E-state index in [0.717, 1.165) is 27.1 Å². The first kappa shape index (κ1) is 21.0. The van der Waals surface area contributed by atoms with E-state index >= 15 is 0 Å². The van der Waals surface area contributed by atoms with Crippen molar-refractivity contribution in [3.63, 3.8) is 0 Å². The van der Waals surface area contributed by atoms with Gasteiger partial charge in [-0.2, -0.15) is 4.31 Å². The van der Waals surface area contributed by atoms with Gasteiger partial charge in [-0.25, -0.2) is 8.42 Å². The molecule has 0 bridgehead atoms. The number of rotatable bonds is 7. The van der Waals surface area contributed by atoms with Crippen LogP contribution in [-0.2, 0) is 27.8 Å². The van der Waals surface area contributed by atoms with Crippen molar-refractivity contribution < 1.29 is 13.2 Å². The molecule has 0 heterocycles. The second-order valence-electron chi connectivity index (χ2n) is 7.19. The van der Waals surface area contributed by atoms with Crippen molar-refractivity contribution in [3.05, 3.63) is 77.9 Å². The van der Waals surface area contributed by atoms with Gasteiger partial charge in [0.2, 0.25) is 15.9 Å². The van der Waals surface area contributed by atoms with Crippen LogP contribution in [0.2, 0.25) is 0 Å². The van der Waals surface area contributed by atoms with Gasteiger partial charge in [0.25, 0.3) is 0 Å². The zero-order valence-corrected chi connectivity index (χ0v) is 17.8. The van der Waals surface area contributed by atoms with E-state index in [4.69, 9.17) is 0 Å². The number of nitrogens with zero attached hydrogens (tertiary/aromatic N) is 2. The van der Waals surface area contributed by atoms with Gasteiger partial charge in [0.15, 0.2) is 0 Å². The van der Waals surface area contributed by atoms with Crippen molar-refractivity contribution in [2.45, 2.75) is 24.8 Å². The molecule has 1 amide bonds. The number of carbonyl (C=O) groups is 1. The van der Waals surface area contributed by atoms with Crippen LogP contribution in [0.25, 0.3) is 10.8 Å². The van der Waals surface area contributed by atoms with Crippen LogP contribution in [0.4, 0.5) is 0 Å². The Bertz CT molecular complexity index is 1110. The van der Waals surface area contributed by atoms with Crippen molar-refractivity contribution in [3.8, 4) is 0 Å². The van der Waals surface area contributed by atoms with Crippen LogP contribution >= 0.6 is 0 Å². The van der Waals surface area contributed by atoms with Crippen molar-refractivity contribution in [1.82, 2.24) is 9.21 Å². The van der Waals surface area contributed by atoms with E-state index in [9.17, 15) is 13.2 Å². The summed E-state index contributed by atoms with van der Waals surface area (Å²) in [6.45, 7) is 2.32. The lowest BCUT2D eigenvalue weighted by Crippen LogP contribution is -2.39. The molecule has 0 aromatic heterocycles. The lowest BCUT2D eigenvalue weighted by molar-refractivity contribution is -0.130. The molecule has 0 saturated carbocycles. The number of benzene rings is 3. The van der Waals surface area contributed by atoms with Gasteiger partial charge >= 0.3 is 0 Å². The van der Waals surface area contributed by atoms with E-state index in [1.807, 2.05) is 48.5 Å². The highest BCUT2D eigenvalue weighted by atomic mass is 32.2. The molecule has 0 fully saturated rings. The van der Waals surface area contributed by atoms with Crippen LogP contribution < -0.4 is 0 Å². The first-order chi connectivity index (χ1) is 13.8. The van der Waals surface area contributed by atoms with Crippen molar-refractivity contribution in [2.75, 3.05) is 20.6 Å². The van der Waals surface area contributed by atoms with Gasteiger partial charge in [-0.05, 0) is 40.5 Å². The SMILES string of the molecule is CCc1ccc(CN(C)C(=O)CN(C)S(=O)(=O)c2ccc3ccccc3c2)cc1. The van der Waals surface area contributed by atoms with Gasteiger partial charge in [-0.3, -0.25) is 4.79 Å². The average molecular weight is 411 g/mol. The van der Waals surface area contributed by atoms with Gasteiger partial charge in [-0.1, -0.05) is 61.5 Å². The van der Waals surface area contributed by atoms with Crippen molar-refractivity contribution in [2.24, 2.45) is 0 Å². The molecule has 0 spiro atoms. The summed E-state index contributed by atoms with van der Waals surface area (Å²) in [6.07, 6.45) is 0.965. The summed E-state index contributed by atoms with van der Waals surface area (Å²) in [7, 11) is -0.631. The minimum atomic E-state index is -3.76. The lowest BCUT2D eigenvalue weighted by Gasteiger charge is -2.22. The standard InChI is InChI=1S/C23H26N2O3S/c1-4-18-9-11-19(12-10-18)16-24(2)23(26)17-25(3)29(27,28)22-14-13-20-7-5-6-8-21(20)15-22/h5-15H,4,16-17H2,1-3H3. The van der Waals surface area contributed by atoms with Crippen LogP contribution in [0, 0.1) is 0 Å². The Hall–Kier alpha value is -2.70. The Morgan fingerprint density at radius 3 is 2.14 bits per heavy atom. The molecule has 0 atom stereocenters. The van der Waals surface area contributed by atoms with E-state index in [1.165, 1.54) is 12.6 Å². The third-order valence-electron chi connectivity index (χ3n) is 5.06. The third-order valence-corrected chi connectivity index (χ3v) is 6.86. The zero-order valence-electron chi connectivity index (χ0n) is 17.0. The molecule has 0 N–H and O–H groups in total. The number of hydrogen-bond acceptors (Lipinski definition) is 3. The number of aryl methyl sites for hydroxylation is 1. The molecular weight excluding hydrogens is 384 g/mol. The largest absolute Gasteiger partial charge is 0.340 e. The first-order valence-corrected chi connectivity index (χ1v) is 11.0. The van der Waals surface area contributed by atoms with Crippen LogP contribution in [0.1, 0.15) is 18.1 Å². The Morgan fingerprint density at radius 1 is 0.862 bits per heavy atom. The topological polar surface area (TPSA) is 57.7 Å². The summed E-state index contributed by atoms with van der Waals surface area (Å²) < 4.78 is 26.9. The number of amides is 1. The molecule has 0 aliphatic heterocycles. The zero-order chi connectivity index (χ0) is 21.0. The van der Waals surface area contributed by atoms with E-state index in [-0.39, 0.29) is 17.3 Å². The predicted octanol–water partition coefficient (Wildman–Crippen LogP) is 3.68. The smallest absolute Gasteiger partial charge is 0.243 e. The monoisotopic (exact) mass is 410 g/mol. The highest BCUT2D eigenvalue weighted by Gasteiger charge is 2.24. The molecule has 0 aliphatic rings. The lowest BCUT2D eigenvalue weighted by atomic mass is 10.1. The molecule has 0 unspecified atom stereocenters. The normalized spacial score (nSPS) is 11.7. The van der Waals surface area contributed by atoms with Crippen LogP contribution in [0.15, 0.2) is 71.6 Å². The second kappa shape index (κ2) is 8.76. The summed E-state index contributed by atoms with van der Waals surface area (Å²) in [5, 5.41) is 1.82. The minimum Gasteiger partial charge on any atom is -0.340 e. The van der Waals surface area contributed by atoms with E-state index < -0.39 is 10.0 Å². The Balaban J connectivity index is 1.69. The number of carbonyl (C=O) groups excluding carboxylic acids is 1. The number of sulfonamides is 1.